The van der Waals surface area contributed by atoms with Crippen LogP contribution in [0.15, 0.2) is 29.2 Å². The van der Waals surface area contributed by atoms with Crippen molar-refractivity contribution in [2.75, 3.05) is 32.2 Å². The van der Waals surface area contributed by atoms with Gasteiger partial charge in [0.05, 0.1) is 23.5 Å². The molecule has 0 aliphatic carbocycles. The Kier molecular flexibility index (Phi) is 6.33. The molecule has 0 N–H and O–H groups in total. The van der Waals surface area contributed by atoms with Gasteiger partial charge in [0.2, 0.25) is 5.91 Å². The summed E-state index contributed by atoms with van der Waals surface area (Å²) in [6.07, 6.45) is 1.98. The topological polar surface area (TPSA) is 101 Å². The van der Waals surface area contributed by atoms with Gasteiger partial charge in [0.15, 0.2) is 9.84 Å². The first kappa shape index (κ1) is 21.4. The van der Waals surface area contributed by atoms with Crippen LogP contribution in [0.25, 0.3) is 6.08 Å². The second kappa shape index (κ2) is 8.58. The van der Waals surface area contributed by atoms with E-state index >= 15 is 0 Å². The van der Waals surface area contributed by atoms with Crippen molar-refractivity contribution in [1.29, 1.82) is 0 Å². The van der Waals surface area contributed by atoms with Crippen molar-refractivity contribution >= 4 is 44.7 Å². The van der Waals surface area contributed by atoms with Gasteiger partial charge in [-0.2, -0.15) is 0 Å². The quantitative estimate of drug-likeness (QED) is 0.624. The molecule has 0 spiro atoms. The second-order valence-corrected chi connectivity index (χ2v) is 10.1. The number of rotatable bonds is 6. The lowest BCUT2D eigenvalue weighted by Gasteiger charge is -2.24. The molecular formula is C19H22N2O6S2. The summed E-state index contributed by atoms with van der Waals surface area (Å²) in [5.74, 6) is -0.0572. The van der Waals surface area contributed by atoms with Gasteiger partial charge in [0, 0.05) is 26.1 Å². The number of benzene rings is 1. The predicted octanol–water partition coefficient (Wildman–Crippen LogP) is 1.77. The summed E-state index contributed by atoms with van der Waals surface area (Å²) in [6, 6.07) is 6.76. The van der Waals surface area contributed by atoms with Crippen molar-refractivity contribution in [3.05, 3.63) is 34.7 Å². The fourth-order valence-electron chi connectivity index (χ4n) is 3.24. The maximum atomic E-state index is 12.6. The van der Waals surface area contributed by atoms with Crippen LogP contribution in [0.1, 0.15) is 18.4 Å². The lowest BCUT2D eigenvalue weighted by molar-refractivity contribution is -0.132. The molecule has 156 valence electrons. The summed E-state index contributed by atoms with van der Waals surface area (Å²) in [6.45, 7) is -0.0389. The van der Waals surface area contributed by atoms with Crippen molar-refractivity contribution in [3.8, 4) is 5.75 Å². The van der Waals surface area contributed by atoms with Crippen molar-refractivity contribution in [2.24, 2.45) is 0 Å². The van der Waals surface area contributed by atoms with Gasteiger partial charge in [-0.15, -0.1) is 0 Å². The molecule has 2 heterocycles. The van der Waals surface area contributed by atoms with E-state index in [-0.39, 0.29) is 41.3 Å². The number of methoxy groups -OCH3 is 1. The van der Waals surface area contributed by atoms with Gasteiger partial charge < -0.3 is 9.64 Å². The van der Waals surface area contributed by atoms with E-state index in [1.807, 2.05) is 0 Å². The zero-order valence-electron chi connectivity index (χ0n) is 16.2. The van der Waals surface area contributed by atoms with Crippen LogP contribution >= 0.6 is 11.8 Å². The number of hydrogen-bond donors (Lipinski definition) is 0. The smallest absolute Gasteiger partial charge is 0.293 e. The zero-order valence-corrected chi connectivity index (χ0v) is 17.8. The molecular weight excluding hydrogens is 416 g/mol. The van der Waals surface area contributed by atoms with Crippen LogP contribution in [0.3, 0.4) is 0 Å². The average molecular weight is 439 g/mol. The molecule has 3 rings (SSSR count). The number of carbonyl (C=O) groups is 3. The number of sulfone groups is 1. The Bertz CT molecular complexity index is 973. The van der Waals surface area contributed by atoms with E-state index < -0.39 is 21.0 Å². The fraction of sp³-hybridized carbons (Fsp3) is 0.421. The van der Waals surface area contributed by atoms with E-state index in [0.29, 0.717) is 12.2 Å². The number of imide groups is 1. The van der Waals surface area contributed by atoms with Crippen LogP contribution in [0.2, 0.25) is 0 Å². The summed E-state index contributed by atoms with van der Waals surface area (Å²) < 4.78 is 28.3. The Balaban J connectivity index is 1.61. The molecule has 1 aromatic carbocycles. The third-order valence-corrected chi connectivity index (χ3v) is 7.62. The SMILES string of the molecule is COc1cccc(/C=C2\SC(=O)N(CCC(=O)N(C)[C@@H]3CCS(=O)(=O)C3)C2=O)c1. The van der Waals surface area contributed by atoms with Crippen LogP contribution in [-0.4, -0.2) is 73.5 Å². The summed E-state index contributed by atoms with van der Waals surface area (Å²) in [5.41, 5.74) is 0.730. The van der Waals surface area contributed by atoms with E-state index in [0.717, 1.165) is 22.2 Å². The van der Waals surface area contributed by atoms with Gasteiger partial charge in [-0.3, -0.25) is 19.3 Å². The minimum absolute atomic E-state index is 0.0389. The molecule has 10 heteroatoms. The first-order valence-electron chi connectivity index (χ1n) is 9.05. The monoisotopic (exact) mass is 438 g/mol. The summed E-state index contributed by atoms with van der Waals surface area (Å²) in [4.78, 5) is 40.0. The fourth-order valence-corrected chi connectivity index (χ4v) is 5.88. The third-order valence-electron chi connectivity index (χ3n) is 4.96. The first-order chi connectivity index (χ1) is 13.7. The van der Waals surface area contributed by atoms with E-state index in [2.05, 4.69) is 0 Å². The maximum absolute atomic E-state index is 12.6. The van der Waals surface area contributed by atoms with Crippen LogP contribution in [0.5, 0.6) is 5.75 Å². The molecule has 8 nitrogen and oxygen atoms in total. The molecule has 3 amide bonds. The van der Waals surface area contributed by atoms with E-state index in [1.54, 1.807) is 44.5 Å². The minimum atomic E-state index is -3.10. The average Bonchev–Trinajstić information content (AvgIpc) is 3.18. The van der Waals surface area contributed by atoms with Crippen LogP contribution in [-0.2, 0) is 19.4 Å². The Labute approximate surface area is 173 Å². The Morgan fingerprint density at radius 3 is 2.79 bits per heavy atom. The normalized spacial score (nSPS) is 22.3. The first-order valence-corrected chi connectivity index (χ1v) is 11.7. The molecule has 0 aromatic heterocycles. The minimum Gasteiger partial charge on any atom is -0.497 e. The highest BCUT2D eigenvalue weighted by Crippen LogP contribution is 2.32. The van der Waals surface area contributed by atoms with E-state index in [9.17, 15) is 22.8 Å². The lowest BCUT2D eigenvalue weighted by Crippen LogP contribution is -2.40. The molecule has 0 radical (unpaired) electrons. The number of ether oxygens (including phenoxy) is 1. The molecule has 1 aromatic rings. The Morgan fingerprint density at radius 2 is 2.14 bits per heavy atom. The van der Waals surface area contributed by atoms with Gasteiger partial charge in [-0.25, -0.2) is 8.42 Å². The van der Waals surface area contributed by atoms with E-state index in [4.69, 9.17) is 4.74 Å². The Hall–Kier alpha value is -2.33. The molecule has 0 unspecified atom stereocenters. The van der Waals surface area contributed by atoms with Crippen LogP contribution in [0, 0.1) is 0 Å². The molecule has 0 bridgehead atoms. The largest absolute Gasteiger partial charge is 0.497 e. The third kappa shape index (κ3) is 4.99. The molecule has 1 atom stereocenters. The molecule has 2 aliphatic heterocycles. The standard InChI is InChI=1S/C19H22N2O6S2/c1-20(14-7-9-29(25,26)12-14)17(22)6-8-21-18(23)16(28-19(21)24)11-13-4-3-5-15(10-13)27-2/h3-5,10-11,14H,6-9,12H2,1-2H3/b16-11-/t14-/m1/s1. The van der Waals surface area contributed by atoms with Crippen molar-refractivity contribution < 1.29 is 27.5 Å². The lowest BCUT2D eigenvalue weighted by atomic mass is 10.2. The van der Waals surface area contributed by atoms with Gasteiger partial charge in [-0.05, 0) is 42.0 Å². The zero-order chi connectivity index (χ0) is 21.2. The number of nitrogens with zero attached hydrogens (tertiary/aromatic N) is 2. The van der Waals surface area contributed by atoms with Gasteiger partial charge in [0.1, 0.15) is 5.75 Å². The van der Waals surface area contributed by atoms with E-state index in [1.165, 1.54) is 4.90 Å². The van der Waals surface area contributed by atoms with Crippen LogP contribution in [0.4, 0.5) is 4.79 Å². The predicted molar refractivity (Wildman–Crippen MR) is 110 cm³/mol. The highest BCUT2D eigenvalue weighted by Gasteiger charge is 2.36. The second-order valence-electron chi connectivity index (χ2n) is 6.92. The Morgan fingerprint density at radius 1 is 1.38 bits per heavy atom. The van der Waals surface area contributed by atoms with Gasteiger partial charge >= 0.3 is 0 Å². The summed E-state index contributed by atoms with van der Waals surface area (Å²) in [7, 11) is 0.00697. The number of carbonyl (C=O) groups excluding carboxylic acids is 3. The van der Waals surface area contributed by atoms with Crippen molar-refractivity contribution in [2.45, 2.75) is 18.9 Å². The molecule has 0 saturated carbocycles. The van der Waals surface area contributed by atoms with Crippen molar-refractivity contribution in [1.82, 2.24) is 9.80 Å². The molecule has 29 heavy (non-hydrogen) atoms. The van der Waals surface area contributed by atoms with Crippen molar-refractivity contribution in [3.63, 3.8) is 0 Å². The maximum Gasteiger partial charge on any atom is 0.293 e. The molecule has 2 saturated heterocycles. The van der Waals surface area contributed by atoms with Crippen LogP contribution < -0.4 is 4.74 Å². The highest BCUT2D eigenvalue weighted by molar-refractivity contribution is 8.18. The number of hydrogen-bond acceptors (Lipinski definition) is 7. The summed E-state index contributed by atoms with van der Waals surface area (Å²) >= 11 is 0.829. The highest BCUT2D eigenvalue weighted by atomic mass is 32.2. The van der Waals surface area contributed by atoms with Gasteiger partial charge in [-0.1, -0.05) is 12.1 Å². The van der Waals surface area contributed by atoms with Gasteiger partial charge in [0.25, 0.3) is 11.1 Å². The number of amides is 3. The summed E-state index contributed by atoms with van der Waals surface area (Å²) in [5, 5.41) is -0.428. The molecule has 2 fully saturated rings. The number of thioether (sulfide) groups is 1. The molecule has 2 aliphatic rings.